The Hall–Kier alpha value is -2.63. The molecule has 0 saturated carbocycles. The minimum atomic E-state index is -0.0947. The molecule has 2 atom stereocenters. The van der Waals surface area contributed by atoms with E-state index in [-0.39, 0.29) is 23.0 Å². The third kappa shape index (κ3) is 3.04. The van der Waals surface area contributed by atoms with Gasteiger partial charge in [0.25, 0.3) is 0 Å². The maximum atomic E-state index is 6.48. The van der Waals surface area contributed by atoms with Crippen molar-refractivity contribution in [3.05, 3.63) is 18.1 Å². The lowest BCUT2D eigenvalue weighted by atomic mass is 9.73. The van der Waals surface area contributed by atoms with Crippen LogP contribution in [0.4, 0.5) is 5.95 Å². The molecule has 0 aliphatic carbocycles. The average molecular weight is 408 g/mol. The van der Waals surface area contributed by atoms with Gasteiger partial charge in [-0.3, -0.25) is 9.50 Å². The Morgan fingerprint density at radius 2 is 2.07 bits per heavy atom. The van der Waals surface area contributed by atoms with Crippen molar-refractivity contribution in [3.8, 4) is 11.8 Å². The molecule has 2 aliphatic rings. The lowest BCUT2D eigenvalue weighted by Gasteiger charge is -2.41. The number of ether oxygens (including phenoxy) is 1. The Morgan fingerprint density at radius 3 is 2.73 bits per heavy atom. The normalized spacial score (nSPS) is 24.0. The minimum absolute atomic E-state index is 0.0795. The number of fused-ring (bicyclic) bond motifs is 3. The molecule has 30 heavy (non-hydrogen) atoms. The third-order valence-electron chi connectivity index (χ3n) is 6.48. The van der Waals surface area contributed by atoms with Gasteiger partial charge in [0, 0.05) is 42.4 Å². The van der Waals surface area contributed by atoms with E-state index in [0.717, 1.165) is 55.2 Å². The van der Waals surface area contributed by atoms with E-state index < -0.39 is 0 Å². The van der Waals surface area contributed by atoms with Gasteiger partial charge in [-0.05, 0) is 46.5 Å². The molecule has 0 unspecified atom stereocenters. The summed E-state index contributed by atoms with van der Waals surface area (Å²) in [5.74, 6) is 7.36. The Bertz CT molecular complexity index is 1150. The highest BCUT2D eigenvalue weighted by atomic mass is 16.5. The number of nitrogens with zero attached hydrogens (tertiary/aromatic N) is 5. The number of hydrogen-bond acceptors (Lipinski definition) is 6. The van der Waals surface area contributed by atoms with Gasteiger partial charge in [0.2, 0.25) is 5.95 Å². The van der Waals surface area contributed by atoms with Crippen LogP contribution in [-0.2, 0) is 4.74 Å². The van der Waals surface area contributed by atoms with E-state index >= 15 is 0 Å². The summed E-state index contributed by atoms with van der Waals surface area (Å²) in [5.41, 5.74) is 8.71. The molecule has 5 rings (SSSR count). The largest absolute Gasteiger partial charge is 0.376 e. The highest BCUT2D eigenvalue weighted by Crippen LogP contribution is 2.42. The van der Waals surface area contributed by atoms with Crippen LogP contribution in [0.5, 0.6) is 0 Å². The van der Waals surface area contributed by atoms with Crippen LogP contribution in [0.25, 0.3) is 16.7 Å². The van der Waals surface area contributed by atoms with Crippen molar-refractivity contribution in [2.75, 3.05) is 24.6 Å². The second-order valence-electron chi connectivity index (χ2n) is 9.72. The highest BCUT2D eigenvalue weighted by molar-refractivity contribution is 5.94. The van der Waals surface area contributed by atoms with Gasteiger partial charge in [0.05, 0.1) is 18.1 Å². The SMILES string of the molecule is C[C@@H]1OCC2(CCN(c3nc4n[nH]c(C#CC(C)(C)C)c4c4nccn34)CC2)[C@@H]1N. The Labute approximate surface area is 176 Å². The molecular weight excluding hydrogens is 378 g/mol. The van der Waals surface area contributed by atoms with Gasteiger partial charge in [-0.1, -0.05) is 5.92 Å². The molecule has 2 aliphatic heterocycles. The second kappa shape index (κ2) is 6.69. The zero-order chi connectivity index (χ0) is 21.1. The molecule has 0 bridgehead atoms. The fraction of sp³-hybridized carbons (Fsp3) is 0.591. The molecule has 158 valence electrons. The first-order chi connectivity index (χ1) is 14.3. The van der Waals surface area contributed by atoms with Gasteiger partial charge in [-0.25, -0.2) is 4.98 Å². The first-order valence-electron chi connectivity index (χ1n) is 10.6. The highest BCUT2D eigenvalue weighted by Gasteiger charge is 2.47. The van der Waals surface area contributed by atoms with Crippen LogP contribution in [0.3, 0.4) is 0 Å². The fourth-order valence-electron chi connectivity index (χ4n) is 4.61. The van der Waals surface area contributed by atoms with E-state index in [2.05, 4.69) is 59.6 Å². The van der Waals surface area contributed by atoms with E-state index in [1.165, 1.54) is 0 Å². The van der Waals surface area contributed by atoms with Crippen molar-refractivity contribution in [2.45, 2.75) is 52.7 Å². The summed E-state index contributed by atoms with van der Waals surface area (Å²) >= 11 is 0. The van der Waals surface area contributed by atoms with Crippen LogP contribution in [0, 0.1) is 22.7 Å². The number of hydrogen-bond donors (Lipinski definition) is 2. The van der Waals surface area contributed by atoms with Crippen LogP contribution >= 0.6 is 0 Å². The van der Waals surface area contributed by atoms with Crippen LogP contribution < -0.4 is 10.6 Å². The summed E-state index contributed by atoms with van der Waals surface area (Å²) in [5, 5.41) is 8.37. The van der Waals surface area contributed by atoms with Crippen molar-refractivity contribution in [2.24, 2.45) is 16.6 Å². The van der Waals surface area contributed by atoms with Crippen LogP contribution in [-0.4, -0.2) is 56.4 Å². The number of H-pyrrole nitrogens is 1. The van der Waals surface area contributed by atoms with Gasteiger partial charge in [0.15, 0.2) is 11.3 Å². The number of anilines is 1. The van der Waals surface area contributed by atoms with Crippen LogP contribution in [0.15, 0.2) is 12.4 Å². The maximum absolute atomic E-state index is 6.48. The predicted molar refractivity (Wildman–Crippen MR) is 116 cm³/mol. The molecule has 5 heterocycles. The molecule has 3 aromatic rings. The number of rotatable bonds is 1. The number of nitrogens with one attached hydrogen (secondary N) is 1. The van der Waals surface area contributed by atoms with E-state index in [4.69, 9.17) is 15.5 Å². The van der Waals surface area contributed by atoms with Gasteiger partial charge in [0.1, 0.15) is 5.69 Å². The van der Waals surface area contributed by atoms with Gasteiger partial charge in [-0.15, -0.1) is 0 Å². The minimum Gasteiger partial charge on any atom is -0.376 e. The summed E-state index contributed by atoms with van der Waals surface area (Å²) in [6, 6.07) is 0.0960. The van der Waals surface area contributed by atoms with Crippen molar-refractivity contribution in [3.63, 3.8) is 0 Å². The van der Waals surface area contributed by atoms with Crippen molar-refractivity contribution < 1.29 is 4.74 Å². The first-order valence-corrected chi connectivity index (χ1v) is 10.6. The third-order valence-corrected chi connectivity index (χ3v) is 6.48. The van der Waals surface area contributed by atoms with E-state index in [9.17, 15) is 0 Å². The monoisotopic (exact) mass is 407 g/mol. The lowest BCUT2D eigenvalue weighted by molar-refractivity contribution is 0.0973. The molecule has 3 N–H and O–H groups in total. The molecule has 8 heteroatoms. The summed E-state index contributed by atoms with van der Waals surface area (Å²) in [6.07, 6.45) is 5.89. The van der Waals surface area contributed by atoms with Crippen molar-refractivity contribution in [1.82, 2.24) is 24.6 Å². The fourth-order valence-corrected chi connectivity index (χ4v) is 4.61. The van der Waals surface area contributed by atoms with Crippen molar-refractivity contribution >= 4 is 22.6 Å². The maximum Gasteiger partial charge on any atom is 0.213 e. The van der Waals surface area contributed by atoms with E-state index in [0.29, 0.717) is 5.65 Å². The molecule has 2 fully saturated rings. The standard InChI is InChI=1S/C22H29N7O/c1-14-17(23)22(13-30-14)7-10-28(11-8-22)20-25-18-16(19-24-9-12-29(19)20)15(26-27-18)5-6-21(2,3)4/h9,12,14,17H,7-8,10-11,13,23H2,1-4H3,(H,26,27)/t14-,17+/m0/s1. The summed E-state index contributed by atoms with van der Waals surface area (Å²) in [6.45, 7) is 10.9. The Kier molecular flexibility index (Phi) is 4.31. The summed E-state index contributed by atoms with van der Waals surface area (Å²) in [7, 11) is 0. The van der Waals surface area contributed by atoms with Gasteiger partial charge >= 0.3 is 0 Å². The zero-order valence-electron chi connectivity index (χ0n) is 18.1. The number of aromatic nitrogens is 5. The Balaban J connectivity index is 1.50. The van der Waals surface area contributed by atoms with Crippen LogP contribution in [0.1, 0.15) is 46.2 Å². The number of piperidine rings is 1. The van der Waals surface area contributed by atoms with E-state index in [1.807, 2.05) is 16.8 Å². The van der Waals surface area contributed by atoms with Crippen molar-refractivity contribution in [1.29, 1.82) is 0 Å². The number of imidazole rings is 1. The molecule has 0 aromatic carbocycles. The van der Waals surface area contributed by atoms with Gasteiger partial charge in [-0.2, -0.15) is 10.1 Å². The molecular formula is C22H29N7O. The average Bonchev–Trinajstić information content (AvgIpc) is 3.41. The predicted octanol–water partition coefficient (Wildman–Crippen LogP) is 2.34. The zero-order valence-corrected chi connectivity index (χ0v) is 18.1. The molecule has 0 radical (unpaired) electrons. The smallest absolute Gasteiger partial charge is 0.213 e. The first kappa shape index (κ1) is 19.3. The van der Waals surface area contributed by atoms with Gasteiger partial charge < -0.3 is 15.4 Å². The van der Waals surface area contributed by atoms with Crippen LogP contribution in [0.2, 0.25) is 0 Å². The summed E-state index contributed by atoms with van der Waals surface area (Å²) in [4.78, 5) is 11.8. The quantitative estimate of drug-likeness (QED) is 0.601. The molecule has 2 saturated heterocycles. The molecule has 1 spiro atoms. The summed E-state index contributed by atoms with van der Waals surface area (Å²) < 4.78 is 7.91. The number of nitrogens with two attached hydrogens (primary N) is 1. The molecule has 3 aromatic heterocycles. The number of aromatic amines is 1. The molecule has 0 amide bonds. The lowest BCUT2D eigenvalue weighted by Crippen LogP contribution is -2.51. The van der Waals surface area contributed by atoms with E-state index in [1.54, 1.807) is 0 Å². The second-order valence-corrected chi connectivity index (χ2v) is 9.72. The Morgan fingerprint density at radius 1 is 1.30 bits per heavy atom. The molecule has 8 nitrogen and oxygen atoms in total. The topological polar surface area (TPSA) is 97.4 Å².